The van der Waals surface area contributed by atoms with E-state index in [4.69, 9.17) is 9.72 Å². The van der Waals surface area contributed by atoms with Crippen molar-refractivity contribution in [2.24, 2.45) is 22.7 Å². The molecule has 4 fully saturated rings. The van der Waals surface area contributed by atoms with Gasteiger partial charge in [0, 0.05) is 24.3 Å². The molecule has 5 heterocycles. The van der Waals surface area contributed by atoms with Gasteiger partial charge in [0.15, 0.2) is 10.8 Å². The molecule has 3 saturated carbocycles. The number of pyridine rings is 2. The lowest BCUT2D eigenvalue weighted by Crippen LogP contribution is -2.41. The van der Waals surface area contributed by atoms with E-state index < -0.39 is 15.9 Å². The van der Waals surface area contributed by atoms with E-state index in [0.717, 1.165) is 37.2 Å². The Bertz CT molecular complexity index is 2050. The van der Waals surface area contributed by atoms with Crippen molar-refractivity contribution in [3.05, 3.63) is 84.1 Å². The van der Waals surface area contributed by atoms with Crippen molar-refractivity contribution in [3.63, 3.8) is 0 Å². The van der Waals surface area contributed by atoms with Gasteiger partial charge in [-0.3, -0.25) is 4.79 Å². The minimum Gasteiger partial charge on any atom is -0.477 e. The summed E-state index contributed by atoms with van der Waals surface area (Å²) in [6, 6.07) is 20.0. The first-order valence-electron chi connectivity index (χ1n) is 17.9. The number of benzene rings is 1. The lowest BCUT2D eigenvalue weighted by Gasteiger charge is -2.34. The summed E-state index contributed by atoms with van der Waals surface area (Å²) in [5, 5.41) is 7.92. The normalized spacial score (nSPS) is 25.2. The van der Waals surface area contributed by atoms with Crippen LogP contribution in [0, 0.1) is 22.7 Å². The van der Waals surface area contributed by atoms with E-state index in [9.17, 15) is 13.2 Å². The fourth-order valence-corrected chi connectivity index (χ4v) is 10.4. The Morgan fingerprint density at radius 3 is 2.46 bits per heavy atom. The highest BCUT2D eigenvalue weighted by Gasteiger charge is 2.85. The molecule has 2 atom stereocenters. The van der Waals surface area contributed by atoms with E-state index in [2.05, 4.69) is 51.0 Å². The van der Waals surface area contributed by atoms with Gasteiger partial charge in [-0.05, 0) is 118 Å². The van der Waals surface area contributed by atoms with Crippen LogP contribution in [-0.2, 0) is 10.0 Å². The maximum atomic E-state index is 13.9. The highest BCUT2D eigenvalue weighted by Crippen LogP contribution is 2.93. The molecule has 1 amide bonds. The van der Waals surface area contributed by atoms with Crippen molar-refractivity contribution in [2.75, 3.05) is 23.4 Å². The Hall–Kier alpha value is -4.45. The zero-order chi connectivity index (χ0) is 34.3. The number of carbonyl (C=O) groups is 1. The van der Waals surface area contributed by atoms with Gasteiger partial charge in [-0.15, -0.1) is 5.10 Å². The number of nitrogens with one attached hydrogen (secondary N) is 2. The van der Waals surface area contributed by atoms with Crippen LogP contribution >= 0.6 is 0 Å². The van der Waals surface area contributed by atoms with Crippen molar-refractivity contribution in [3.8, 4) is 11.7 Å². The standard InChI is InChI=1S/C38H43N7O4S/c1-36(2)23-25-11-13-28(26-7-4-3-5-8-26)39-30-9-6-10-33(40-30)50(47,48)43-35(46)27-12-14-31(41-34(27)44(36)24-25)45-21-15-32(42-45)49-22-16-29-37(17-18-37)38(29)19-20-38/h3-10,12,14-15,21,25,28-29H,11,13,16-20,22-24H2,1-2H3,(H,39,40)(H,43,46)/t25-,28?/m0/s1. The third-order valence-electron chi connectivity index (χ3n) is 12.2. The average molecular weight is 694 g/mol. The zero-order valence-electron chi connectivity index (χ0n) is 28.5. The van der Waals surface area contributed by atoms with Crippen LogP contribution in [0.2, 0.25) is 0 Å². The molecule has 11 nitrogen and oxygen atoms in total. The number of carbonyl (C=O) groups excluding carboxylic acids is 1. The lowest BCUT2D eigenvalue weighted by molar-refractivity contribution is 0.0981. The van der Waals surface area contributed by atoms with Gasteiger partial charge in [-0.2, -0.15) is 8.42 Å². The van der Waals surface area contributed by atoms with Crippen molar-refractivity contribution < 1.29 is 17.9 Å². The zero-order valence-corrected chi connectivity index (χ0v) is 29.3. The Morgan fingerprint density at radius 2 is 1.70 bits per heavy atom. The van der Waals surface area contributed by atoms with E-state index in [1.165, 1.54) is 31.7 Å². The van der Waals surface area contributed by atoms with Crippen LogP contribution in [0.3, 0.4) is 0 Å². The van der Waals surface area contributed by atoms with Gasteiger partial charge in [0.1, 0.15) is 11.6 Å². The molecule has 9 rings (SSSR count). The number of aromatic nitrogens is 4. The van der Waals surface area contributed by atoms with Crippen LogP contribution in [-0.4, -0.2) is 52.8 Å². The molecular formula is C38H43N7O4S. The third kappa shape index (κ3) is 5.34. The number of nitrogens with zero attached hydrogens (tertiary/aromatic N) is 5. The molecule has 2 aliphatic heterocycles. The lowest BCUT2D eigenvalue weighted by atomic mass is 9.90. The summed E-state index contributed by atoms with van der Waals surface area (Å²) in [4.78, 5) is 25.4. The summed E-state index contributed by atoms with van der Waals surface area (Å²) < 4.78 is 37.2. The molecule has 1 unspecified atom stereocenters. The van der Waals surface area contributed by atoms with E-state index in [-0.39, 0.29) is 22.2 Å². The predicted octanol–water partition coefficient (Wildman–Crippen LogP) is 6.29. The maximum Gasteiger partial charge on any atom is 0.281 e. The number of sulfonamides is 1. The SMILES string of the molecule is CC1(C)C[C@@H]2CCC(c3ccccc3)Nc3cccc(n3)S(=O)(=O)NC(=O)c3ccc(-n4ccc(OCCC5C6(CC6)C56CC6)n4)nc3N1C2. The van der Waals surface area contributed by atoms with Crippen molar-refractivity contribution in [1.82, 2.24) is 24.5 Å². The molecule has 3 aromatic heterocycles. The number of ether oxygens (including phenoxy) is 1. The van der Waals surface area contributed by atoms with Crippen LogP contribution in [0.25, 0.3) is 5.82 Å². The van der Waals surface area contributed by atoms with Crippen LogP contribution < -0.4 is 19.7 Å². The summed E-state index contributed by atoms with van der Waals surface area (Å²) in [6.07, 6.45) is 11.1. The Morgan fingerprint density at radius 1 is 0.920 bits per heavy atom. The van der Waals surface area contributed by atoms with Crippen LogP contribution in [0.15, 0.2) is 78.0 Å². The minimum atomic E-state index is -4.30. The molecule has 50 heavy (non-hydrogen) atoms. The summed E-state index contributed by atoms with van der Waals surface area (Å²) in [5.41, 5.74) is 2.24. The topological polar surface area (TPSA) is 131 Å². The van der Waals surface area contributed by atoms with Gasteiger partial charge in [-0.1, -0.05) is 36.4 Å². The molecule has 3 aliphatic carbocycles. The first kappa shape index (κ1) is 31.5. The molecule has 2 N–H and O–H groups in total. The molecule has 1 aromatic carbocycles. The molecule has 4 bridgehead atoms. The monoisotopic (exact) mass is 693 g/mol. The maximum absolute atomic E-state index is 13.9. The minimum absolute atomic E-state index is 0.0827. The van der Waals surface area contributed by atoms with Crippen molar-refractivity contribution in [2.45, 2.75) is 81.8 Å². The van der Waals surface area contributed by atoms with E-state index in [0.29, 0.717) is 53.2 Å². The van der Waals surface area contributed by atoms with Crippen LogP contribution in [0.5, 0.6) is 5.88 Å². The van der Waals surface area contributed by atoms with Crippen LogP contribution in [0.1, 0.15) is 87.2 Å². The highest BCUT2D eigenvalue weighted by atomic mass is 32.2. The second-order valence-corrected chi connectivity index (χ2v) is 17.2. The number of anilines is 2. The molecule has 2 spiro atoms. The second kappa shape index (κ2) is 11.3. The first-order valence-corrected chi connectivity index (χ1v) is 19.4. The first-order chi connectivity index (χ1) is 24.1. The quantitative estimate of drug-likeness (QED) is 0.239. The molecular weight excluding hydrogens is 651 g/mol. The number of fused-ring (bicyclic) bond motifs is 7. The molecule has 12 heteroatoms. The number of rotatable bonds is 6. The summed E-state index contributed by atoms with van der Waals surface area (Å²) in [6.45, 7) is 5.63. The van der Waals surface area contributed by atoms with Gasteiger partial charge in [-0.25, -0.2) is 19.4 Å². The fourth-order valence-electron chi connectivity index (χ4n) is 9.51. The van der Waals surface area contributed by atoms with Gasteiger partial charge in [0.05, 0.1) is 18.2 Å². The Kier molecular flexibility index (Phi) is 7.11. The Balaban J connectivity index is 1.02. The molecule has 5 aliphatic rings. The van der Waals surface area contributed by atoms with E-state index in [1.54, 1.807) is 28.9 Å². The highest BCUT2D eigenvalue weighted by molar-refractivity contribution is 7.90. The molecule has 4 aromatic rings. The third-order valence-corrected chi connectivity index (χ3v) is 13.4. The Labute approximate surface area is 292 Å². The number of hydrogen-bond acceptors (Lipinski definition) is 9. The molecule has 0 radical (unpaired) electrons. The summed E-state index contributed by atoms with van der Waals surface area (Å²) in [7, 11) is -4.30. The van der Waals surface area contributed by atoms with Crippen LogP contribution in [0.4, 0.5) is 11.6 Å². The summed E-state index contributed by atoms with van der Waals surface area (Å²) >= 11 is 0. The predicted molar refractivity (Wildman–Crippen MR) is 189 cm³/mol. The smallest absolute Gasteiger partial charge is 0.281 e. The van der Waals surface area contributed by atoms with E-state index >= 15 is 0 Å². The van der Waals surface area contributed by atoms with E-state index in [1.807, 2.05) is 30.5 Å². The summed E-state index contributed by atoms with van der Waals surface area (Å²) in [5.74, 6) is 2.28. The van der Waals surface area contributed by atoms with Gasteiger partial charge in [0.25, 0.3) is 15.9 Å². The number of hydrogen-bond donors (Lipinski definition) is 2. The fraction of sp³-hybridized carbons (Fsp3) is 0.474. The number of amides is 1. The van der Waals surface area contributed by atoms with Crippen molar-refractivity contribution >= 4 is 27.6 Å². The average Bonchev–Trinajstić information content (AvgIpc) is 4.06. The largest absolute Gasteiger partial charge is 0.477 e. The molecule has 260 valence electrons. The van der Waals surface area contributed by atoms with Gasteiger partial charge in [0.2, 0.25) is 5.88 Å². The molecule has 1 saturated heterocycles. The van der Waals surface area contributed by atoms with Gasteiger partial charge < -0.3 is 15.0 Å². The van der Waals surface area contributed by atoms with Crippen molar-refractivity contribution in [1.29, 1.82) is 0 Å². The second-order valence-electron chi connectivity index (χ2n) is 15.6. The van der Waals surface area contributed by atoms with Gasteiger partial charge >= 0.3 is 0 Å².